The van der Waals surface area contributed by atoms with Crippen LogP contribution in [0.25, 0.3) is 0 Å². The first kappa shape index (κ1) is 14.1. The number of benzene rings is 2. The molecule has 3 nitrogen and oxygen atoms in total. The Kier molecular flexibility index (Phi) is 3.49. The monoisotopic (exact) mass is 301 g/mol. The van der Waals surface area contributed by atoms with Gasteiger partial charge < -0.3 is 0 Å². The van der Waals surface area contributed by atoms with Crippen LogP contribution in [0.4, 0.5) is 5.69 Å². The molecule has 0 N–H and O–H groups in total. The van der Waals surface area contributed by atoms with Crippen LogP contribution in [0.2, 0.25) is 0 Å². The highest BCUT2D eigenvalue weighted by atomic mass is 32.2. The molecule has 1 aliphatic rings. The van der Waals surface area contributed by atoms with Crippen molar-refractivity contribution in [2.75, 3.05) is 10.8 Å². The molecular weight excluding hydrogens is 282 g/mol. The second kappa shape index (κ2) is 5.19. The third-order valence-corrected chi connectivity index (χ3v) is 5.90. The van der Waals surface area contributed by atoms with Gasteiger partial charge in [-0.05, 0) is 29.7 Å². The van der Waals surface area contributed by atoms with Crippen molar-refractivity contribution in [1.29, 1.82) is 0 Å². The van der Waals surface area contributed by atoms with Gasteiger partial charge in [0, 0.05) is 12.5 Å². The summed E-state index contributed by atoms with van der Waals surface area (Å²) in [5.74, 6) is 0.654. The van der Waals surface area contributed by atoms with E-state index in [9.17, 15) is 8.42 Å². The van der Waals surface area contributed by atoms with E-state index < -0.39 is 10.0 Å². The highest BCUT2D eigenvalue weighted by Crippen LogP contribution is 2.42. The van der Waals surface area contributed by atoms with E-state index in [-0.39, 0.29) is 5.92 Å². The smallest absolute Gasteiger partial charge is 0.264 e. The van der Waals surface area contributed by atoms with Gasteiger partial charge in [-0.25, -0.2) is 8.42 Å². The van der Waals surface area contributed by atoms with Crippen molar-refractivity contribution < 1.29 is 8.42 Å². The summed E-state index contributed by atoms with van der Waals surface area (Å²) >= 11 is 0. The molecule has 1 atom stereocenters. The normalized spacial score (nSPS) is 18.0. The van der Waals surface area contributed by atoms with Gasteiger partial charge in [0.05, 0.1) is 10.6 Å². The minimum absolute atomic E-state index is 0.250. The van der Waals surface area contributed by atoms with Gasteiger partial charge in [0.15, 0.2) is 0 Å². The van der Waals surface area contributed by atoms with Crippen LogP contribution < -0.4 is 4.31 Å². The van der Waals surface area contributed by atoms with Crippen molar-refractivity contribution >= 4 is 15.7 Å². The lowest BCUT2D eigenvalue weighted by molar-refractivity contribution is 0.522. The average Bonchev–Trinajstić information content (AvgIpc) is 2.88. The van der Waals surface area contributed by atoms with Crippen molar-refractivity contribution in [3.05, 3.63) is 60.2 Å². The van der Waals surface area contributed by atoms with E-state index in [1.54, 1.807) is 28.6 Å². The highest BCUT2D eigenvalue weighted by molar-refractivity contribution is 7.92. The number of para-hydroxylation sites is 1. The Labute approximate surface area is 126 Å². The van der Waals surface area contributed by atoms with Crippen LogP contribution in [0.15, 0.2) is 59.5 Å². The number of sulfonamides is 1. The van der Waals surface area contributed by atoms with Crippen LogP contribution in [-0.4, -0.2) is 15.0 Å². The fourth-order valence-electron chi connectivity index (χ4n) is 2.92. The molecule has 0 aromatic heterocycles. The first-order chi connectivity index (χ1) is 10.0. The van der Waals surface area contributed by atoms with Crippen molar-refractivity contribution in [2.45, 2.75) is 24.7 Å². The molecule has 4 heteroatoms. The molecule has 0 bridgehead atoms. The first-order valence-corrected chi connectivity index (χ1v) is 8.62. The standard InChI is InChI=1S/C17H19NO2S/c1-13(2)16-12-18(17-11-7-6-10-15(16)17)21(19,20)14-8-4-3-5-9-14/h3-11,13,16H,12H2,1-2H3. The molecule has 110 valence electrons. The molecule has 2 aromatic carbocycles. The molecule has 0 saturated heterocycles. The van der Waals surface area contributed by atoms with E-state index in [0.29, 0.717) is 17.4 Å². The van der Waals surface area contributed by atoms with Gasteiger partial charge in [-0.3, -0.25) is 4.31 Å². The minimum Gasteiger partial charge on any atom is -0.265 e. The summed E-state index contributed by atoms with van der Waals surface area (Å²) < 4.78 is 27.3. The lowest BCUT2D eigenvalue weighted by Crippen LogP contribution is -2.30. The molecule has 0 saturated carbocycles. The van der Waals surface area contributed by atoms with Crippen LogP contribution in [0.1, 0.15) is 25.3 Å². The van der Waals surface area contributed by atoms with E-state index in [1.807, 2.05) is 30.3 Å². The van der Waals surface area contributed by atoms with Gasteiger partial charge >= 0.3 is 0 Å². The lowest BCUT2D eigenvalue weighted by Gasteiger charge is -2.21. The van der Waals surface area contributed by atoms with Crippen LogP contribution in [0, 0.1) is 5.92 Å². The van der Waals surface area contributed by atoms with Gasteiger partial charge in [0.1, 0.15) is 0 Å². The fraction of sp³-hybridized carbons (Fsp3) is 0.294. The van der Waals surface area contributed by atoms with Gasteiger partial charge in [-0.2, -0.15) is 0 Å². The van der Waals surface area contributed by atoms with Gasteiger partial charge in [0.25, 0.3) is 10.0 Å². The summed E-state index contributed by atoms with van der Waals surface area (Å²) in [4.78, 5) is 0.351. The van der Waals surface area contributed by atoms with Gasteiger partial charge in [-0.15, -0.1) is 0 Å². The molecule has 21 heavy (non-hydrogen) atoms. The highest BCUT2D eigenvalue weighted by Gasteiger charge is 2.37. The number of hydrogen-bond donors (Lipinski definition) is 0. The average molecular weight is 301 g/mol. The Bertz CT molecular complexity index is 738. The first-order valence-electron chi connectivity index (χ1n) is 7.18. The molecule has 3 rings (SSSR count). The predicted octanol–water partition coefficient (Wildman–Crippen LogP) is 3.64. The Morgan fingerprint density at radius 3 is 2.29 bits per heavy atom. The van der Waals surface area contributed by atoms with Crippen molar-refractivity contribution in [3.8, 4) is 0 Å². The van der Waals surface area contributed by atoms with Gasteiger partial charge in [-0.1, -0.05) is 50.2 Å². The summed E-state index contributed by atoms with van der Waals surface area (Å²) in [5, 5.41) is 0. The van der Waals surface area contributed by atoms with Crippen LogP contribution >= 0.6 is 0 Å². The number of rotatable bonds is 3. The molecule has 0 amide bonds. The molecule has 0 spiro atoms. The third-order valence-electron chi connectivity index (χ3n) is 4.10. The van der Waals surface area contributed by atoms with E-state index in [0.717, 1.165) is 11.3 Å². The third kappa shape index (κ3) is 2.33. The van der Waals surface area contributed by atoms with Crippen molar-refractivity contribution in [2.24, 2.45) is 5.92 Å². The van der Waals surface area contributed by atoms with Crippen molar-refractivity contribution in [3.63, 3.8) is 0 Å². The molecule has 0 fully saturated rings. The van der Waals surface area contributed by atoms with Crippen LogP contribution in [-0.2, 0) is 10.0 Å². The van der Waals surface area contributed by atoms with E-state index in [2.05, 4.69) is 13.8 Å². The zero-order valence-corrected chi connectivity index (χ0v) is 13.0. The van der Waals surface area contributed by atoms with E-state index in [1.165, 1.54) is 0 Å². The Balaban J connectivity index is 2.09. The summed E-state index contributed by atoms with van der Waals surface area (Å²) in [7, 11) is -3.49. The summed E-state index contributed by atoms with van der Waals surface area (Å²) in [5.41, 5.74) is 1.95. The largest absolute Gasteiger partial charge is 0.265 e. The number of hydrogen-bond acceptors (Lipinski definition) is 2. The maximum Gasteiger partial charge on any atom is 0.264 e. The molecule has 2 aromatic rings. The van der Waals surface area contributed by atoms with Crippen LogP contribution in [0.3, 0.4) is 0 Å². The Hall–Kier alpha value is -1.81. The van der Waals surface area contributed by atoms with E-state index >= 15 is 0 Å². The number of nitrogens with zero attached hydrogens (tertiary/aromatic N) is 1. The zero-order valence-electron chi connectivity index (χ0n) is 12.2. The minimum atomic E-state index is -3.49. The van der Waals surface area contributed by atoms with E-state index in [4.69, 9.17) is 0 Å². The Morgan fingerprint density at radius 2 is 1.62 bits per heavy atom. The molecule has 1 unspecified atom stereocenters. The molecule has 1 aliphatic heterocycles. The SMILES string of the molecule is CC(C)C1CN(S(=O)(=O)c2ccccc2)c2ccccc21. The number of fused-ring (bicyclic) bond motifs is 1. The maximum absolute atomic E-state index is 12.9. The fourth-order valence-corrected chi connectivity index (χ4v) is 4.46. The molecule has 0 aliphatic carbocycles. The molecular formula is C17H19NO2S. The lowest BCUT2D eigenvalue weighted by atomic mass is 9.90. The molecule has 0 radical (unpaired) electrons. The zero-order chi connectivity index (χ0) is 15.0. The maximum atomic E-state index is 12.9. The second-order valence-corrected chi connectivity index (χ2v) is 7.62. The topological polar surface area (TPSA) is 37.4 Å². The summed E-state index contributed by atoms with van der Waals surface area (Å²) in [6.45, 7) is 4.80. The summed E-state index contributed by atoms with van der Waals surface area (Å²) in [6.07, 6.45) is 0. The Morgan fingerprint density at radius 1 is 1.00 bits per heavy atom. The van der Waals surface area contributed by atoms with Crippen LogP contribution in [0.5, 0.6) is 0 Å². The summed E-state index contributed by atoms with van der Waals surface area (Å²) in [6, 6.07) is 16.5. The number of anilines is 1. The quantitative estimate of drug-likeness (QED) is 0.868. The van der Waals surface area contributed by atoms with Gasteiger partial charge in [0.2, 0.25) is 0 Å². The molecule has 1 heterocycles. The second-order valence-electron chi connectivity index (χ2n) is 5.76. The van der Waals surface area contributed by atoms with Crippen molar-refractivity contribution in [1.82, 2.24) is 0 Å². The predicted molar refractivity (Wildman–Crippen MR) is 85.0 cm³/mol.